The fourth-order valence-electron chi connectivity index (χ4n) is 4.25. The Bertz CT molecular complexity index is 1460. The highest BCUT2D eigenvalue weighted by molar-refractivity contribution is 7.15. The molecule has 0 saturated heterocycles. The lowest BCUT2D eigenvalue weighted by atomic mass is 9.98. The molecule has 174 valence electrons. The minimum absolute atomic E-state index is 0.00737. The second-order valence-corrected chi connectivity index (χ2v) is 9.03. The van der Waals surface area contributed by atoms with Gasteiger partial charge >= 0.3 is 0 Å². The predicted octanol–water partition coefficient (Wildman–Crippen LogP) is 4.64. The summed E-state index contributed by atoms with van der Waals surface area (Å²) in [6, 6.07) is 9.59. The van der Waals surface area contributed by atoms with Crippen molar-refractivity contribution >= 4 is 33.3 Å². The molecular formula is C25H22N2O6S. The first-order valence-electron chi connectivity index (χ1n) is 10.5. The van der Waals surface area contributed by atoms with Crippen molar-refractivity contribution in [2.75, 3.05) is 26.2 Å². The highest BCUT2D eigenvalue weighted by Crippen LogP contribution is 2.47. The lowest BCUT2D eigenvalue weighted by molar-refractivity contribution is 0.0971. The second kappa shape index (κ2) is 8.18. The molecule has 2 aromatic carbocycles. The van der Waals surface area contributed by atoms with Gasteiger partial charge in [0, 0.05) is 4.88 Å². The first kappa shape index (κ1) is 22.0. The van der Waals surface area contributed by atoms with E-state index in [1.54, 1.807) is 36.4 Å². The SMILES string of the molecule is COc1cc(C2c3c(oc4ccccc4c3=O)C(=O)N2c2nc(C)c(C)s2)cc(OC)c1OC. The summed E-state index contributed by atoms with van der Waals surface area (Å²) >= 11 is 1.39. The molecule has 0 aliphatic carbocycles. The molecular weight excluding hydrogens is 456 g/mol. The Morgan fingerprint density at radius 1 is 1.00 bits per heavy atom. The van der Waals surface area contributed by atoms with Crippen LogP contribution in [0.4, 0.5) is 5.13 Å². The van der Waals surface area contributed by atoms with Crippen LogP contribution in [0.5, 0.6) is 17.2 Å². The van der Waals surface area contributed by atoms with E-state index in [4.69, 9.17) is 18.6 Å². The Kier molecular flexibility index (Phi) is 5.28. The zero-order valence-corrected chi connectivity index (χ0v) is 20.1. The van der Waals surface area contributed by atoms with Crippen molar-refractivity contribution in [1.82, 2.24) is 4.98 Å². The number of hydrogen-bond acceptors (Lipinski definition) is 8. The Labute approximate surface area is 199 Å². The number of aryl methyl sites for hydroxylation is 2. The molecule has 2 aromatic heterocycles. The second-order valence-electron chi connectivity index (χ2n) is 7.84. The molecule has 0 radical (unpaired) electrons. The van der Waals surface area contributed by atoms with Gasteiger partial charge in [-0.15, -0.1) is 11.3 Å². The van der Waals surface area contributed by atoms with Crippen LogP contribution in [0.3, 0.4) is 0 Å². The number of para-hydroxylation sites is 1. The summed E-state index contributed by atoms with van der Waals surface area (Å²) in [4.78, 5) is 34.5. The Morgan fingerprint density at radius 3 is 2.26 bits per heavy atom. The summed E-state index contributed by atoms with van der Waals surface area (Å²) in [5.74, 6) is 0.818. The van der Waals surface area contributed by atoms with Crippen molar-refractivity contribution in [3.8, 4) is 17.2 Å². The highest BCUT2D eigenvalue weighted by Gasteiger charge is 2.45. The van der Waals surface area contributed by atoms with Gasteiger partial charge in [-0.3, -0.25) is 14.5 Å². The molecule has 3 heterocycles. The monoisotopic (exact) mass is 478 g/mol. The summed E-state index contributed by atoms with van der Waals surface area (Å²) in [5, 5.41) is 0.883. The van der Waals surface area contributed by atoms with Crippen LogP contribution in [-0.4, -0.2) is 32.2 Å². The average Bonchev–Trinajstić information content (AvgIpc) is 3.33. The molecule has 0 spiro atoms. The van der Waals surface area contributed by atoms with Gasteiger partial charge in [0.05, 0.1) is 44.0 Å². The van der Waals surface area contributed by atoms with Gasteiger partial charge in [0.15, 0.2) is 22.1 Å². The zero-order chi connectivity index (χ0) is 24.1. The number of methoxy groups -OCH3 is 3. The van der Waals surface area contributed by atoms with Gasteiger partial charge in [0.25, 0.3) is 5.91 Å². The van der Waals surface area contributed by atoms with Crippen LogP contribution in [0.25, 0.3) is 11.0 Å². The summed E-state index contributed by atoms with van der Waals surface area (Å²) in [6.07, 6.45) is 0. The van der Waals surface area contributed by atoms with E-state index in [0.29, 0.717) is 38.9 Å². The van der Waals surface area contributed by atoms with Crippen molar-refractivity contribution in [2.24, 2.45) is 0 Å². The number of ether oxygens (including phenoxy) is 3. The van der Waals surface area contributed by atoms with Crippen LogP contribution >= 0.6 is 11.3 Å². The molecule has 1 amide bonds. The standard InChI is InChI=1S/C25H22N2O6S/c1-12-13(2)34-25(26-12)27-20(14-10-17(30-3)22(32-5)18(11-14)31-4)19-21(28)15-8-6-7-9-16(15)33-23(19)24(27)29/h6-11,20H,1-5H3. The Hall–Kier alpha value is -3.85. The van der Waals surface area contributed by atoms with E-state index in [1.807, 2.05) is 13.8 Å². The zero-order valence-electron chi connectivity index (χ0n) is 19.3. The largest absolute Gasteiger partial charge is 0.493 e. The molecule has 9 heteroatoms. The number of rotatable bonds is 5. The maximum atomic E-state index is 13.7. The minimum Gasteiger partial charge on any atom is -0.493 e. The number of carbonyl (C=O) groups is 1. The Balaban J connectivity index is 1.84. The van der Waals surface area contributed by atoms with Crippen molar-refractivity contribution in [3.63, 3.8) is 0 Å². The molecule has 1 atom stereocenters. The van der Waals surface area contributed by atoms with Crippen molar-refractivity contribution in [3.05, 3.63) is 74.1 Å². The van der Waals surface area contributed by atoms with Crippen LogP contribution in [0, 0.1) is 13.8 Å². The molecule has 1 unspecified atom stereocenters. The van der Waals surface area contributed by atoms with Crippen molar-refractivity contribution < 1.29 is 23.4 Å². The van der Waals surface area contributed by atoms with E-state index in [-0.39, 0.29) is 16.8 Å². The van der Waals surface area contributed by atoms with Crippen molar-refractivity contribution in [1.29, 1.82) is 0 Å². The number of carbonyl (C=O) groups excluding carboxylic acids is 1. The van der Waals surface area contributed by atoms with E-state index >= 15 is 0 Å². The maximum Gasteiger partial charge on any atom is 0.297 e. The molecule has 0 N–H and O–H groups in total. The third kappa shape index (κ3) is 3.15. The van der Waals surface area contributed by atoms with E-state index in [2.05, 4.69) is 4.98 Å². The minimum atomic E-state index is -0.790. The lowest BCUT2D eigenvalue weighted by Gasteiger charge is -2.24. The fourth-order valence-corrected chi connectivity index (χ4v) is 5.19. The summed E-state index contributed by atoms with van der Waals surface area (Å²) in [7, 11) is 4.55. The van der Waals surface area contributed by atoms with Gasteiger partial charge in [0.1, 0.15) is 5.58 Å². The number of nitrogens with zero attached hydrogens (tertiary/aromatic N) is 2. The van der Waals surface area contributed by atoms with Crippen LogP contribution in [0.1, 0.15) is 38.3 Å². The van der Waals surface area contributed by atoms with Gasteiger partial charge in [0.2, 0.25) is 11.5 Å². The van der Waals surface area contributed by atoms with E-state index in [1.165, 1.54) is 37.6 Å². The van der Waals surface area contributed by atoms with Gasteiger partial charge in [-0.2, -0.15) is 0 Å². The van der Waals surface area contributed by atoms with Gasteiger partial charge in [-0.1, -0.05) is 12.1 Å². The molecule has 0 saturated carbocycles. The number of hydrogen-bond donors (Lipinski definition) is 0. The summed E-state index contributed by atoms with van der Waals surface area (Å²) in [6.45, 7) is 3.82. The van der Waals surface area contributed by atoms with Crippen LogP contribution < -0.4 is 24.5 Å². The molecule has 5 rings (SSSR count). The molecule has 4 aromatic rings. The van der Waals surface area contributed by atoms with Crippen LogP contribution in [0.15, 0.2) is 45.6 Å². The maximum absolute atomic E-state index is 13.7. The molecule has 0 bridgehead atoms. The molecule has 1 aliphatic heterocycles. The number of aromatic nitrogens is 1. The van der Waals surface area contributed by atoms with E-state index < -0.39 is 11.9 Å². The predicted molar refractivity (Wildman–Crippen MR) is 129 cm³/mol. The molecule has 0 fully saturated rings. The van der Waals surface area contributed by atoms with E-state index in [9.17, 15) is 9.59 Å². The number of fused-ring (bicyclic) bond motifs is 2. The lowest BCUT2D eigenvalue weighted by Crippen LogP contribution is -2.29. The average molecular weight is 479 g/mol. The molecule has 34 heavy (non-hydrogen) atoms. The normalized spacial score (nSPS) is 15.0. The summed E-state index contributed by atoms with van der Waals surface area (Å²) in [5.41, 5.74) is 1.77. The van der Waals surface area contributed by atoms with Crippen molar-refractivity contribution in [2.45, 2.75) is 19.9 Å². The van der Waals surface area contributed by atoms with Crippen LogP contribution in [-0.2, 0) is 0 Å². The Morgan fingerprint density at radius 2 is 1.68 bits per heavy atom. The number of benzene rings is 2. The third-order valence-electron chi connectivity index (χ3n) is 6.00. The first-order valence-corrected chi connectivity index (χ1v) is 11.3. The quantitative estimate of drug-likeness (QED) is 0.413. The van der Waals surface area contributed by atoms with Gasteiger partial charge < -0.3 is 18.6 Å². The molecule has 1 aliphatic rings. The number of anilines is 1. The molecule has 8 nitrogen and oxygen atoms in total. The van der Waals surface area contributed by atoms with Gasteiger partial charge in [-0.05, 0) is 43.7 Å². The smallest absolute Gasteiger partial charge is 0.297 e. The summed E-state index contributed by atoms with van der Waals surface area (Å²) < 4.78 is 22.5. The fraction of sp³-hybridized carbons (Fsp3) is 0.240. The highest BCUT2D eigenvalue weighted by atomic mass is 32.1. The third-order valence-corrected chi connectivity index (χ3v) is 7.08. The number of thiazole rings is 1. The van der Waals surface area contributed by atoms with E-state index in [0.717, 1.165) is 10.6 Å². The topological polar surface area (TPSA) is 91.1 Å². The number of amides is 1. The van der Waals surface area contributed by atoms with Crippen LogP contribution in [0.2, 0.25) is 0 Å². The first-order chi connectivity index (χ1) is 16.4. The van der Waals surface area contributed by atoms with Gasteiger partial charge in [-0.25, -0.2) is 4.98 Å².